The summed E-state index contributed by atoms with van der Waals surface area (Å²) in [7, 11) is -4.73. The molecule has 0 radical (unpaired) electrons. The van der Waals surface area contributed by atoms with E-state index in [4.69, 9.17) is 9.79 Å². The third-order valence-corrected chi connectivity index (χ3v) is 7.66. The van der Waals surface area contributed by atoms with Crippen LogP contribution in [0.4, 0.5) is 0 Å². The van der Waals surface area contributed by atoms with E-state index in [2.05, 4.69) is 46.4 Å². The molecule has 0 rings (SSSR count). The van der Waals surface area contributed by atoms with E-state index in [1.54, 1.807) is 0 Å². The molecule has 0 aromatic heterocycles. The van der Waals surface area contributed by atoms with Crippen LogP contribution in [0.3, 0.4) is 0 Å². The van der Waals surface area contributed by atoms with Gasteiger partial charge in [-0.1, -0.05) is 88.9 Å². The molecule has 2 amide bonds. The summed E-state index contributed by atoms with van der Waals surface area (Å²) in [5.41, 5.74) is -1.25. The first kappa shape index (κ1) is 39.5. The summed E-state index contributed by atoms with van der Waals surface area (Å²) in [5.74, 6) is -0.596. The molecule has 0 aliphatic carbocycles. The van der Waals surface area contributed by atoms with Gasteiger partial charge >= 0.3 is 7.82 Å². The van der Waals surface area contributed by atoms with E-state index in [-0.39, 0.29) is 24.0 Å². The SMILES string of the molecule is CCCCC/C=C\C/C=C\CCCCCCCC(=O)SCCNC(=O)CCNC(=O)[C@H](O)C(C)(C)COP(=O)(O)O. The molecule has 12 heteroatoms. The van der Waals surface area contributed by atoms with Gasteiger partial charge in [0, 0.05) is 37.1 Å². The van der Waals surface area contributed by atoms with Crippen LogP contribution in [0, 0.1) is 5.41 Å². The lowest BCUT2D eigenvalue weighted by molar-refractivity contribution is -0.137. The molecule has 0 spiro atoms. The van der Waals surface area contributed by atoms with Crippen molar-refractivity contribution in [3.63, 3.8) is 0 Å². The molecule has 0 aromatic rings. The fourth-order valence-electron chi connectivity index (χ4n) is 3.68. The maximum absolute atomic E-state index is 12.1. The molecular formula is C29H53N2O8PS. The molecule has 41 heavy (non-hydrogen) atoms. The monoisotopic (exact) mass is 620 g/mol. The van der Waals surface area contributed by atoms with Crippen molar-refractivity contribution >= 4 is 36.5 Å². The molecule has 0 aromatic carbocycles. The Morgan fingerprint density at radius 3 is 2.12 bits per heavy atom. The van der Waals surface area contributed by atoms with Crippen LogP contribution in [-0.4, -0.2) is 63.4 Å². The van der Waals surface area contributed by atoms with Crippen LogP contribution >= 0.6 is 19.6 Å². The van der Waals surface area contributed by atoms with Crippen LogP contribution in [-0.2, 0) is 23.5 Å². The smallest absolute Gasteiger partial charge is 0.383 e. The van der Waals surface area contributed by atoms with Crippen molar-refractivity contribution in [1.82, 2.24) is 10.6 Å². The van der Waals surface area contributed by atoms with Gasteiger partial charge in [0.2, 0.25) is 11.8 Å². The molecule has 0 unspecified atom stereocenters. The topological polar surface area (TPSA) is 162 Å². The fraction of sp³-hybridized carbons (Fsp3) is 0.759. The Kier molecular flexibility index (Phi) is 23.1. The van der Waals surface area contributed by atoms with Crippen molar-refractivity contribution in [2.75, 3.05) is 25.4 Å². The van der Waals surface area contributed by atoms with Crippen molar-refractivity contribution in [2.24, 2.45) is 5.41 Å². The highest BCUT2D eigenvalue weighted by atomic mass is 32.2. The van der Waals surface area contributed by atoms with Gasteiger partial charge in [-0.15, -0.1) is 0 Å². The number of nitrogens with one attached hydrogen (secondary N) is 2. The van der Waals surface area contributed by atoms with Gasteiger partial charge in [-0.3, -0.25) is 18.9 Å². The van der Waals surface area contributed by atoms with E-state index in [0.717, 1.165) is 32.1 Å². The molecule has 10 nitrogen and oxygen atoms in total. The molecule has 0 bridgehead atoms. The minimum atomic E-state index is -4.73. The standard InChI is InChI=1S/C29H53N2O8PS/c1-4-5-6-7-8-9-10-11-12-13-14-15-16-17-18-19-26(33)41-23-22-30-25(32)20-21-31-28(35)27(34)29(2,3)24-39-40(36,37)38/h8-9,11-12,27,34H,4-7,10,13-24H2,1-3H3,(H,30,32)(H,31,35)(H2,36,37,38)/b9-8-,12-11-/t27-/m0/s1. The maximum Gasteiger partial charge on any atom is 0.469 e. The molecule has 0 saturated heterocycles. The Labute approximate surface area is 250 Å². The normalized spacial score (nSPS) is 13.1. The van der Waals surface area contributed by atoms with Gasteiger partial charge in [0.1, 0.15) is 6.10 Å². The quantitative estimate of drug-likeness (QED) is 0.0526. The van der Waals surface area contributed by atoms with Crippen LogP contribution in [0.25, 0.3) is 0 Å². The second-order valence-corrected chi connectivity index (χ2v) is 13.1. The van der Waals surface area contributed by atoms with E-state index < -0.39 is 31.9 Å². The average Bonchev–Trinajstić information content (AvgIpc) is 2.91. The van der Waals surface area contributed by atoms with Gasteiger partial charge in [0.05, 0.1) is 6.61 Å². The molecule has 0 aliphatic rings. The van der Waals surface area contributed by atoms with Gasteiger partial charge in [-0.25, -0.2) is 4.57 Å². The molecule has 0 fully saturated rings. The zero-order chi connectivity index (χ0) is 31.0. The van der Waals surface area contributed by atoms with Crippen molar-refractivity contribution in [1.29, 1.82) is 0 Å². The number of amides is 2. The third-order valence-electron chi connectivity index (χ3n) is 6.26. The number of phosphoric ester groups is 1. The Balaban J connectivity index is 3.73. The van der Waals surface area contributed by atoms with Crippen LogP contribution in [0.5, 0.6) is 0 Å². The van der Waals surface area contributed by atoms with Gasteiger partial charge in [-0.05, 0) is 38.5 Å². The predicted molar refractivity (Wildman–Crippen MR) is 165 cm³/mol. The predicted octanol–water partition coefficient (Wildman–Crippen LogP) is 5.18. The highest BCUT2D eigenvalue weighted by Crippen LogP contribution is 2.38. The van der Waals surface area contributed by atoms with Crippen LogP contribution in [0.2, 0.25) is 0 Å². The Morgan fingerprint density at radius 1 is 0.878 bits per heavy atom. The number of hydrogen-bond acceptors (Lipinski definition) is 7. The summed E-state index contributed by atoms with van der Waals surface area (Å²) in [5, 5.41) is 15.4. The van der Waals surface area contributed by atoms with Crippen molar-refractivity contribution < 1.29 is 38.4 Å². The first-order valence-corrected chi connectivity index (χ1v) is 17.3. The number of aliphatic hydroxyl groups excluding tert-OH is 1. The fourth-order valence-corrected chi connectivity index (χ4v) is 4.90. The Hall–Kier alpha value is -1.49. The molecule has 0 heterocycles. The second-order valence-electron chi connectivity index (χ2n) is 10.7. The summed E-state index contributed by atoms with van der Waals surface area (Å²) in [4.78, 5) is 53.6. The lowest BCUT2D eigenvalue weighted by atomic mass is 9.87. The Morgan fingerprint density at radius 2 is 1.49 bits per heavy atom. The summed E-state index contributed by atoms with van der Waals surface area (Å²) in [6.45, 7) is 4.86. The van der Waals surface area contributed by atoms with Gasteiger partial charge in [0.25, 0.3) is 0 Å². The lowest BCUT2D eigenvalue weighted by Crippen LogP contribution is -2.46. The maximum atomic E-state index is 12.1. The number of hydrogen-bond donors (Lipinski definition) is 5. The van der Waals surface area contributed by atoms with Gasteiger partial charge < -0.3 is 25.5 Å². The molecule has 1 atom stereocenters. The van der Waals surface area contributed by atoms with Crippen LogP contribution in [0.1, 0.15) is 104 Å². The summed E-state index contributed by atoms with van der Waals surface area (Å²) in [6.07, 6.45) is 20.5. The van der Waals surface area contributed by atoms with Crippen molar-refractivity contribution in [3.05, 3.63) is 24.3 Å². The number of rotatable bonds is 25. The second kappa shape index (κ2) is 24.0. The largest absolute Gasteiger partial charge is 0.469 e. The highest BCUT2D eigenvalue weighted by molar-refractivity contribution is 8.13. The molecule has 0 saturated carbocycles. The highest BCUT2D eigenvalue weighted by Gasteiger charge is 2.35. The zero-order valence-electron chi connectivity index (χ0n) is 25.1. The zero-order valence-corrected chi connectivity index (χ0v) is 26.9. The first-order chi connectivity index (χ1) is 19.4. The van der Waals surface area contributed by atoms with E-state index in [0.29, 0.717) is 18.7 Å². The number of thioether (sulfide) groups is 1. The average molecular weight is 621 g/mol. The number of carbonyl (C=O) groups excluding carboxylic acids is 3. The minimum Gasteiger partial charge on any atom is -0.383 e. The summed E-state index contributed by atoms with van der Waals surface area (Å²) in [6, 6.07) is 0. The van der Waals surface area contributed by atoms with Crippen molar-refractivity contribution in [2.45, 2.75) is 110 Å². The number of unbranched alkanes of at least 4 members (excludes halogenated alkanes) is 8. The molecular weight excluding hydrogens is 567 g/mol. The third kappa shape index (κ3) is 24.8. The number of phosphoric acid groups is 1. The molecule has 238 valence electrons. The minimum absolute atomic E-state index is 0.0115. The number of carbonyl (C=O) groups is 3. The first-order valence-electron chi connectivity index (χ1n) is 14.8. The molecule has 5 N–H and O–H groups in total. The Bertz CT molecular complexity index is 845. The molecule has 0 aliphatic heterocycles. The number of aliphatic hydroxyl groups is 1. The van der Waals surface area contributed by atoms with E-state index >= 15 is 0 Å². The lowest BCUT2D eigenvalue weighted by Gasteiger charge is -2.29. The number of allylic oxidation sites excluding steroid dienone is 4. The van der Waals surface area contributed by atoms with Crippen LogP contribution in [0.15, 0.2) is 24.3 Å². The summed E-state index contributed by atoms with van der Waals surface area (Å²) >= 11 is 1.21. The van der Waals surface area contributed by atoms with E-state index in [9.17, 15) is 24.1 Å². The van der Waals surface area contributed by atoms with Crippen LogP contribution < -0.4 is 10.6 Å². The van der Waals surface area contributed by atoms with E-state index in [1.165, 1.54) is 64.1 Å². The van der Waals surface area contributed by atoms with Crippen molar-refractivity contribution in [3.8, 4) is 0 Å². The summed E-state index contributed by atoms with van der Waals surface area (Å²) < 4.78 is 15.2. The van der Waals surface area contributed by atoms with E-state index in [1.807, 2.05) is 0 Å². The van der Waals surface area contributed by atoms with Gasteiger partial charge in [0.15, 0.2) is 5.12 Å². The van der Waals surface area contributed by atoms with Gasteiger partial charge in [-0.2, -0.15) is 0 Å².